The molecule has 0 aromatic heterocycles. The van der Waals surface area contributed by atoms with Crippen LogP contribution in [0, 0.1) is 5.82 Å². The lowest BCUT2D eigenvalue weighted by Gasteiger charge is -2.20. The topological polar surface area (TPSA) is 49.4 Å². The lowest BCUT2D eigenvalue weighted by molar-refractivity contribution is 0.558. The Hall–Kier alpha value is -1.14. The molecule has 0 aliphatic carbocycles. The third kappa shape index (κ3) is 5.09. The SMILES string of the molecule is CC(C)NCCCCS(=O)(=O)N(C)c1ccccc1F. The number of nitrogens with zero attached hydrogens (tertiary/aromatic N) is 1. The Labute approximate surface area is 121 Å². The van der Waals surface area contributed by atoms with E-state index in [1.165, 1.54) is 25.2 Å². The monoisotopic (exact) mass is 302 g/mol. The molecule has 0 amide bonds. The number of hydrogen-bond acceptors (Lipinski definition) is 3. The first-order chi connectivity index (χ1) is 9.34. The zero-order valence-electron chi connectivity index (χ0n) is 12.3. The highest BCUT2D eigenvalue weighted by Gasteiger charge is 2.20. The van der Waals surface area contributed by atoms with E-state index in [0.717, 1.165) is 17.3 Å². The number of benzene rings is 1. The van der Waals surface area contributed by atoms with Crippen LogP contribution in [-0.2, 0) is 10.0 Å². The Bertz CT molecular complexity index is 518. The number of hydrogen-bond donors (Lipinski definition) is 1. The molecule has 114 valence electrons. The van der Waals surface area contributed by atoms with Crippen molar-refractivity contribution in [1.29, 1.82) is 0 Å². The van der Waals surface area contributed by atoms with E-state index < -0.39 is 15.8 Å². The Balaban J connectivity index is 2.54. The highest BCUT2D eigenvalue weighted by molar-refractivity contribution is 7.92. The van der Waals surface area contributed by atoms with Crippen molar-refractivity contribution < 1.29 is 12.8 Å². The molecule has 1 rings (SSSR count). The molecule has 1 N–H and O–H groups in total. The molecule has 0 fully saturated rings. The molecular weight excluding hydrogens is 279 g/mol. The largest absolute Gasteiger partial charge is 0.315 e. The molecule has 0 saturated heterocycles. The zero-order valence-corrected chi connectivity index (χ0v) is 13.1. The molecule has 0 atom stereocenters. The van der Waals surface area contributed by atoms with Gasteiger partial charge < -0.3 is 5.32 Å². The summed E-state index contributed by atoms with van der Waals surface area (Å²) in [6, 6.07) is 6.28. The smallest absolute Gasteiger partial charge is 0.234 e. The average molecular weight is 302 g/mol. The first kappa shape index (κ1) is 16.9. The molecule has 0 aliphatic heterocycles. The van der Waals surface area contributed by atoms with Crippen molar-refractivity contribution in [2.75, 3.05) is 23.7 Å². The second-order valence-electron chi connectivity index (χ2n) is 5.05. The molecule has 0 aliphatic rings. The van der Waals surface area contributed by atoms with Crippen LogP contribution in [0.3, 0.4) is 0 Å². The van der Waals surface area contributed by atoms with Gasteiger partial charge in [-0.2, -0.15) is 0 Å². The van der Waals surface area contributed by atoms with E-state index in [9.17, 15) is 12.8 Å². The van der Waals surface area contributed by atoms with Crippen molar-refractivity contribution in [3.63, 3.8) is 0 Å². The molecular formula is C14H23FN2O2S. The molecule has 0 bridgehead atoms. The Morgan fingerprint density at radius 1 is 1.25 bits per heavy atom. The molecule has 0 unspecified atom stereocenters. The van der Waals surface area contributed by atoms with Gasteiger partial charge in [0.2, 0.25) is 10.0 Å². The summed E-state index contributed by atoms with van der Waals surface area (Å²) in [4.78, 5) is 0. The maximum Gasteiger partial charge on any atom is 0.234 e. The molecule has 1 aromatic rings. The van der Waals surface area contributed by atoms with Crippen molar-refractivity contribution in [1.82, 2.24) is 5.32 Å². The van der Waals surface area contributed by atoms with Crippen molar-refractivity contribution in [2.45, 2.75) is 32.7 Å². The van der Waals surface area contributed by atoms with Crippen LogP contribution < -0.4 is 9.62 Å². The van der Waals surface area contributed by atoms with E-state index in [2.05, 4.69) is 5.32 Å². The number of rotatable bonds is 8. The van der Waals surface area contributed by atoms with Gasteiger partial charge in [0.1, 0.15) is 5.82 Å². The summed E-state index contributed by atoms with van der Waals surface area (Å²) < 4.78 is 38.9. The van der Waals surface area contributed by atoms with Gasteiger partial charge in [0.05, 0.1) is 11.4 Å². The summed E-state index contributed by atoms with van der Waals surface area (Å²) in [6.45, 7) is 4.88. The second kappa shape index (κ2) is 7.59. The number of para-hydroxylation sites is 1. The van der Waals surface area contributed by atoms with E-state index in [1.54, 1.807) is 6.07 Å². The third-order valence-electron chi connectivity index (χ3n) is 2.99. The summed E-state index contributed by atoms with van der Waals surface area (Å²) in [5, 5.41) is 3.23. The average Bonchev–Trinajstić information content (AvgIpc) is 2.37. The predicted molar refractivity (Wildman–Crippen MR) is 81.0 cm³/mol. The molecule has 0 spiro atoms. The van der Waals surface area contributed by atoms with Crippen LogP contribution >= 0.6 is 0 Å². The van der Waals surface area contributed by atoms with Crippen LogP contribution in [0.25, 0.3) is 0 Å². The quantitative estimate of drug-likeness (QED) is 0.750. The Kier molecular flexibility index (Phi) is 6.42. The van der Waals surface area contributed by atoms with Crippen molar-refractivity contribution in [3.05, 3.63) is 30.1 Å². The maximum absolute atomic E-state index is 13.6. The number of halogens is 1. The van der Waals surface area contributed by atoms with Crippen molar-refractivity contribution >= 4 is 15.7 Å². The van der Waals surface area contributed by atoms with Gasteiger partial charge in [0.15, 0.2) is 0 Å². The van der Waals surface area contributed by atoms with E-state index in [1.807, 2.05) is 13.8 Å². The van der Waals surface area contributed by atoms with E-state index in [0.29, 0.717) is 12.5 Å². The fraction of sp³-hybridized carbons (Fsp3) is 0.571. The highest BCUT2D eigenvalue weighted by Crippen LogP contribution is 2.20. The molecule has 6 heteroatoms. The summed E-state index contributed by atoms with van der Waals surface area (Å²) in [7, 11) is -2.08. The third-order valence-corrected chi connectivity index (χ3v) is 4.83. The summed E-state index contributed by atoms with van der Waals surface area (Å²) in [5.41, 5.74) is 0.0906. The van der Waals surface area contributed by atoms with E-state index in [-0.39, 0.29) is 11.4 Å². The van der Waals surface area contributed by atoms with Gasteiger partial charge in [-0.25, -0.2) is 12.8 Å². The minimum Gasteiger partial charge on any atom is -0.315 e. The van der Waals surface area contributed by atoms with Gasteiger partial charge in [-0.15, -0.1) is 0 Å². The van der Waals surface area contributed by atoms with Gasteiger partial charge >= 0.3 is 0 Å². The second-order valence-corrected chi connectivity index (χ2v) is 7.17. The molecule has 0 heterocycles. The normalized spacial score (nSPS) is 11.8. The molecule has 4 nitrogen and oxygen atoms in total. The van der Waals surface area contributed by atoms with Crippen molar-refractivity contribution in [2.24, 2.45) is 0 Å². The summed E-state index contributed by atoms with van der Waals surface area (Å²) >= 11 is 0. The fourth-order valence-electron chi connectivity index (χ4n) is 1.79. The molecule has 20 heavy (non-hydrogen) atoms. The van der Waals surface area contributed by atoms with Crippen LogP contribution in [0.2, 0.25) is 0 Å². The summed E-state index contributed by atoms with van der Waals surface area (Å²) in [6.07, 6.45) is 1.34. The minimum atomic E-state index is -3.47. The van der Waals surface area contributed by atoms with E-state index >= 15 is 0 Å². The zero-order chi connectivity index (χ0) is 15.2. The van der Waals surface area contributed by atoms with Gasteiger partial charge in [-0.05, 0) is 31.5 Å². The predicted octanol–water partition coefficient (Wildman–Crippen LogP) is 2.37. The molecule has 0 radical (unpaired) electrons. The number of anilines is 1. The first-order valence-corrected chi connectivity index (χ1v) is 8.40. The lowest BCUT2D eigenvalue weighted by atomic mass is 10.3. The fourth-order valence-corrected chi connectivity index (χ4v) is 3.08. The van der Waals surface area contributed by atoms with Gasteiger partial charge in [-0.3, -0.25) is 4.31 Å². The number of sulfonamides is 1. The first-order valence-electron chi connectivity index (χ1n) is 6.79. The van der Waals surface area contributed by atoms with Crippen LogP contribution in [0.5, 0.6) is 0 Å². The Morgan fingerprint density at radius 2 is 1.90 bits per heavy atom. The van der Waals surface area contributed by atoms with Crippen LogP contribution in [-0.4, -0.2) is 33.8 Å². The number of nitrogens with one attached hydrogen (secondary N) is 1. The van der Waals surface area contributed by atoms with Crippen LogP contribution in [0.15, 0.2) is 24.3 Å². The maximum atomic E-state index is 13.6. The van der Waals surface area contributed by atoms with Gasteiger partial charge in [0, 0.05) is 13.1 Å². The standard InChI is InChI=1S/C14H23FN2O2S/c1-12(2)16-10-6-7-11-20(18,19)17(3)14-9-5-4-8-13(14)15/h4-5,8-9,12,16H,6-7,10-11H2,1-3H3. The van der Waals surface area contributed by atoms with Gasteiger partial charge in [0.25, 0.3) is 0 Å². The minimum absolute atomic E-state index is 0.0254. The molecule has 0 saturated carbocycles. The Morgan fingerprint density at radius 3 is 2.50 bits per heavy atom. The molecule has 1 aromatic carbocycles. The van der Waals surface area contributed by atoms with Gasteiger partial charge in [-0.1, -0.05) is 26.0 Å². The van der Waals surface area contributed by atoms with Crippen molar-refractivity contribution in [3.8, 4) is 0 Å². The van der Waals surface area contributed by atoms with E-state index in [4.69, 9.17) is 0 Å². The van der Waals surface area contributed by atoms with Crippen LogP contribution in [0.1, 0.15) is 26.7 Å². The van der Waals surface area contributed by atoms with Crippen LogP contribution in [0.4, 0.5) is 10.1 Å². The lowest BCUT2D eigenvalue weighted by Crippen LogP contribution is -2.30. The highest BCUT2D eigenvalue weighted by atomic mass is 32.2. The number of unbranched alkanes of at least 4 members (excludes halogenated alkanes) is 1. The summed E-state index contributed by atoms with van der Waals surface area (Å²) in [5.74, 6) is -0.502.